The summed E-state index contributed by atoms with van der Waals surface area (Å²) < 4.78 is 1.81. The molecule has 3 aromatic heterocycles. The summed E-state index contributed by atoms with van der Waals surface area (Å²) in [5, 5.41) is 16.0. The average molecular weight is 273 g/mol. The van der Waals surface area contributed by atoms with E-state index in [0.717, 1.165) is 5.39 Å². The molecule has 0 spiro atoms. The van der Waals surface area contributed by atoms with E-state index in [-0.39, 0.29) is 11.6 Å². The van der Waals surface area contributed by atoms with Crippen molar-refractivity contribution in [2.45, 2.75) is 13.0 Å². The number of aromatic nitrogens is 3. The smallest absolute Gasteiger partial charge is 0.337 e. The number of rotatable bonds is 3. The van der Waals surface area contributed by atoms with Crippen LogP contribution < -0.4 is 0 Å². The first-order valence-corrected chi connectivity index (χ1v) is 6.65. The third kappa shape index (κ3) is 2.00. The Morgan fingerprint density at radius 2 is 2.32 bits per heavy atom. The van der Waals surface area contributed by atoms with Gasteiger partial charge in [-0.05, 0) is 24.4 Å². The van der Waals surface area contributed by atoms with E-state index in [1.807, 2.05) is 23.1 Å². The van der Waals surface area contributed by atoms with E-state index >= 15 is 0 Å². The van der Waals surface area contributed by atoms with Crippen LogP contribution in [0, 0.1) is 0 Å². The summed E-state index contributed by atoms with van der Waals surface area (Å²) in [5.74, 6) is -0.978. The molecular weight excluding hydrogens is 262 g/mol. The van der Waals surface area contributed by atoms with Crippen LogP contribution in [-0.2, 0) is 0 Å². The molecule has 0 saturated heterocycles. The molecule has 0 fully saturated rings. The van der Waals surface area contributed by atoms with Crippen molar-refractivity contribution in [3.63, 3.8) is 0 Å². The fraction of sp³-hybridized carbons (Fsp3) is 0.154. The van der Waals surface area contributed by atoms with Crippen molar-refractivity contribution in [2.24, 2.45) is 0 Å². The zero-order valence-corrected chi connectivity index (χ0v) is 11.0. The van der Waals surface area contributed by atoms with E-state index in [1.54, 1.807) is 23.6 Å². The Labute approximate surface area is 113 Å². The fourth-order valence-corrected chi connectivity index (χ4v) is 2.76. The minimum atomic E-state index is -0.978. The van der Waals surface area contributed by atoms with Gasteiger partial charge in [0.05, 0.1) is 17.8 Å². The maximum atomic E-state index is 10.9. The number of pyridine rings is 1. The average Bonchev–Trinajstić information content (AvgIpc) is 3.06. The molecule has 3 heterocycles. The number of aromatic carboxylic acids is 1. The molecular formula is C13H11N3O2S. The molecule has 3 aromatic rings. The van der Waals surface area contributed by atoms with Crippen LogP contribution in [0.5, 0.6) is 0 Å². The standard InChI is InChI=1S/C13H11N3O2S/c1-8(11-3-2-4-19-11)16-12-9(7-15-16)5-10(6-14-12)13(17)18/h2-8H,1H3,(H,17,18). The zero-order valence-electron chi connectivity index (χ0n) is 10.1. The van der Waals surface area contributed by atoms with Crippen molar-refractivity contribution in [1.82, 2.24) is 14.8 Å². The number of fused-ring (bicyclic) bond motifs is 1. The molecule has 1 N–H and O–H groups in total. The van der Waals surface area contributed by atoms with Gasteiger partial charge in [0, 0.05) is 16.5 Å². The molecule has 0 saturated carbocycles. The predicted octanol–water partition coefficient (Wildman–Crippen LogP) is 2.80. The summed E-state index contributed by atoms with van der Waals surface area (Å²) in [7, 11) is 0. The van der Waals surface area contributed by atoms with E-state index < -0.39 is 5.97 Å². The van der Waals surface area contributed by atoms with Crippen LogP contribution in [-0.4, -0.2) is 25.8 Å². The normalized spacial score (nSPS) is 12.7. The highest BCUT2D eigenvalue weighted by Gasteiger charge is 2.15. The van der Waals surface area contributed by atoms with Crippen molar-refractivity contribution < 1.29 is 9.90 Å². The first-order chi connectivity index (χ1) is 9.16. The molecule has 0 aliphatic rings. The molecule has 6 heteroatoms. The summed E-state index contributed by atoms with van der Waals surface area (Å²) >= 11 is 1.66. The van der Waals surface area contributed by atoms with Crippen LogP contribution in [0.1, 0.15) is 28.2 Å². The monoisotopic (exact) mass is 273 g/mol. The molecule has 0 aliphatic carbocycles. The molecule has 5 nitrogen and oxygen atoms in total. The largest absolute Gasteiger partial charge is 0.478 e. The van der Waals surface area contributed by atoms with Gasteiger partial charge in [-0.25, -0.2) is 14.5 Å². The molecule has 19 heavy (non-hydrogen) atoms. The number of hydrogen-bond donors (Lipinski definition) is 1. The van der Waals surface area contributed by atoms with Gasteiger partial charge in [-0.15, -0.1) is 11.3 Å². The molecule has 1 unspecified atom stereocenters. The van der Waals surface area contributed by atoms with Crippen molar-refractivity contribution in [3.05, 3.63) is 46.4 Å². The van der Waals surface area contributed by atoms with Gasteiger partial charge in [0.2, 0.25) is 0 Å². The highest BCUT2D eigenvalue weighted by Crippen LogP contribution is 2.25. The van der Waals surface area contributed by atoms with Crippen LogP contribution in [0.4, 0.5) is 0 Å². The first kappa shape index (κ1) is 11.9. The Kier molecular flexibility index (Phi) is 2.79. The lowest BCUT2D eigenvalue weighted by Crippen LogP contribution is -2.07. The van der Waals surface area contributed by atoms with E-state index in [2.05, 4.69) is 16.1 Å². The number of hydrogen-bond acceptors (Lipinski definition) is 4. The topological polar surface area (TPSA) is 68.0 Å². The highest BCUT2D eigenvalue weighted by atomic mass is 32.1. The van der Waals surface area contributed by atoms with Gasteiger partial charge < -0.3 is 5.11 Å². The minimum Gasteiger partial charge on any atom is -0.478 e. The molecule has 0 aromatic carbocycles. The second-order valence-corrected chi connectivity index (χ2v) is 5.20. The molecule has 1 atom stereocenters. The van der Waals surface area contributed by atoms with E-state index in [1.165, 1.54) is 11.1 Å². The quantitative estimate of drug-likeness (QED) is 0.796. The van der Waals surface area contributed by atoms with Gasteiger partial charge in [0.1, 0.15) is 0 Å². The van der Waals surface area contributed by atoms with E-state index in [4.69, 9.17) is 5.11 Å². The van der Waals surface area contributed by atoms with Gasteiger partial charge in [-0.1, -0.05) is 6.07 Å². The Morgan fingerprint density at radius 3 is 3.00 bits per heavy atom. The summed E-state index contributed by atoms with van der Waals surface area (Å²) in [6.45, 7) is 2.05. The third-order valence-electron chi connectivity index (χ3n) is 3.00. The SMILES string of the molecule is CC(c1cccs1)n1ncc2cc(C(=O)O)cnc21. The fourth-order valence-electron chi connectivity index (χ4n) is 1.99. The Hall–Kier alpha value is -2.21. The second-order valence-electron chi connectivity index (χ2n) is 4.22. The number of carboxylic acids is 1. The number of carbonyl (C=O) groups is 1. The number of thiophene rings is 1. The molecule has 0 radical (unpaired) electrons. The van der Waals surface area contributed by atoms with Crippen molar-refractivity contribution in [2.75, 3.05) is 0 Å². The maximum absolute atomic E-state index is 10.9. The maximum Gasteiger partial charge on any atom is 0.337 e. The van der Waals surface area contributed by atoms with Crippen molar-refractivity contribution >= 4 is 28.3 Å². The van der Waals surface area contributed by atoms with Crippen LogP contribution in [0.15, 0.2) is 36.0 Å². The second kappa shape index (κ2) is 4.47. The van der Waals surface area contributed by atoms with Gasteiger partial charge in [-0.3, -0.25) is 0 Å². The van der Waals surface area contributed by atoms with Gasteiger partial charge >= 0.3 is 5.97 Å². The summed E-state index contributed by atoms with van der Waals surface area (Å²) in [4.78, 5) is 16.3. The zero-order chi connectivity index (χ0) is 13.4. The molecule has 0 aliphatic heterocycles. The van der Waals surface area contributed by atoms with Crippen LogP contribution in [0.3, 0.4) is 0 Å². The van der Waals surface area contributed by atoms with Gasteiger partial charge in [-0.2, -0.15) is 5.10 Å². The predicted molar refractivity (Wildman–Crippen MR) is 72.6 cm³/mol. The minimum absolute atomic E-state index is 0.0840. The number of nitrogens with zero attached hydrogens (tertiary/aromatic N) is 3. The Morgan fingerprint density at radius 1 is 1.47 bits per heavy atom. The lowest BCUT2D eigenvalue weighted by atomic mass is 10.2. The third-order valence-corrected chi connectivity index (χ3v) is 4.04. The highest BCUT2D eigenvalue weighted by molar-refractivity contribution is 7.10. The summed E-state index contributed by atoms with van der Waals surface area (Å²) in [5.41, 5.74) is 0.877. The molecule has 96 valence electrons. The lowest BCUT2D eigenvalue weighted by Gasteiger charge is -2.10. The first-order valence-electron chi connectivity index (χ1n) is 5.77. The molecule has 0 amide bonds. The van der Waals surface area contributed by atoms with Crippen molar-refractivity contribution in [3.8, 4) is 0 Å². The Bertz CT molecular complexity index is 734. The lowest BCUT2D eigenvalue weighted by molar-refractivity contribution is 0.0696. The van der Waals surface area contributed by atoms with Crippen molar-refractivity contribution in [1.29, 1.82) is 0 Å². The summed E-state index contributed by atoms with van der Waals surface area (Å²) in [6.07, 6.45) is 3.02. The summed E-state index contributed by atoms with van der Waals surface area (Å²) in [6, 6.07) is 5.72. The van der Waals surface area contributed by atoms with E-state index in [0.29, 0.717) is 5.65 Å². The molecule has 3 rings (SSSR count). The van der Waals surface area contributed by atoms with E-state index in [9.17, 15) is 4.79 Å². The van der Waals surface area contributed by atoms with Crippen LogP contribution in [0.2, 0.25) is 0 Å². The van der Waals surface area contributed by atoms with Crippen LogP contribution in [0.25, 0.3) is 11.0 Å². The molecule has 0 bridgehead atoms. The Balaban J connectivity index is 2.08. The number of carboxylic acid groups (broad SMARTS) is 1. The van der Waals surface area contributed by atoms with Crippen LogP contribution >= 0.6 is 11.3 Å². The van der Waals surface area contributed by atoms with Gasteiger partial charge in [0.15, 0.2) is 5.65 Å². The van der Waals surface area contributed by atoms with Gasteiger partial charge in [0.25, 0.3) is 0 Å².